The lowest BCUT2D eigenvalue weighted by atomic mass is 10.0. The molecule has 0 rings (SSSR count). The van der Waals surface area contributed by atoms with E-state index in [0.717, 1.165) is 19.3 Å². The van der Waals surface area contributed by atoms with E-state index in [2.05, 4.69) is 6.92 Å². The minimum Gasteiger partial charge on any atom is -0.464 e. The molecular formula is C24H44F3NO3. The molecule has 184 valence electrons. The van der Waals surface area contributed by atoms with Crippen LogP contribution < -0.4 is 5.32 Å². The number of carbonyl (C=O) groups excluding carboxylic acids is 2. The lowest BCUT2D eigenvalue weighted by Crippen LogP contribution is -2.48. The predicted molar refractivity (Wildman–Crippen MR) is 119 cm³/mol. The summed E-state index contributed by atoms with van der Waals surface area (Å²) in [5, 5.41) is 1.75. The molecule has 7 heteroatoms. The van der Waals surface area contributed by atoms with Crippen LogP contribution in [0.4, 0.5) is 13.2 Å². The summed E-state index contributed by atoms with van der Waals surface area (Å²) in [6, 6.07) is -1.26. The Kier molecular flexibility index (Phi) is 17.6. The van der Waals surface area contributed by atoms with Crippen LogP contribution >= 0.6 is 0 Å². The van der Waals surface area contributed by atoms with Gasteiger partial charge in [0.05, 0.1) is 6.61 Å². The highest BCUT2D eigenvalue weighted by molar-refractivity contribution is 5.87. The fourth-order valence-electron chi connectivity index (χ4n) is 3.50. The predicted octanol–water partition coefficient (Wildman–Crippen LogP) is 7.10. The molecule has 0 bridgehead atoms. The highest BCUT2D eigenvalue weighted by Crippen LogP contribution is 2.17. The first-order valence-electron chi connectivity index (χ1n) is 12.2. The van der Waals surface area contributed by atoms with Gasteiger partial charge in [-0.15, -0.1) is 0 Å². The van der Waals surface area contributed by atoms with E-state index in [9.17, 15) is 22.8 Å². The van der Waals surface area contributed by atoms with E-state index in [4.69, 9.17) is 4.74 Å². The number of carbonyl (C=O) groups is 2. The number of amides is 1. The number of hydrogen-bond acceptors (Lipinski definition) is 3. The lowest BCUT2D eigenvalue weighted by molar-refractivity contribution is -0.176. The van der Waals surface area contributed by atoms with Gasteiger partial charge in [-0.2, -0.15) is 13.2 Å². The van der Waals surface area contributed by atoms with Crippen LogP contribution in [-0.2, 0) is 14.3 Å². The second-order valence-corrected chi connectivity index (χ2v) is 8.92. The van der Waals surface area contributed by atoms with Crippen molar-refractivity contribution in [3.63, 3.8) is 0 Å². The quantitative estimate of drug-likeness (QED) is 0.168. The molecule has 4 nitrogen and oxygen atoms in total. The summed E-state index contributed by atoms with van der Waals surface area (Å²) in [7, 11) is 0. The summed E-state index contributed by atoms with van der Waals surface area (Å²) in [4.78, 5) is 23.2. The second-order valence-electron chi connectivity index (χ2n) is 8.92. The summed E-state index contributed by atoms with van der Waals surface area (Å²) in [5.41, 5.74) is 0. The largest absolute Gasteiger partial charge is 0.471 e. The van der Waals surface area contributed by atoms with Gasteiger partial charge in [-0.25, -0.2) is 4.79 Å². The van der Waals surface area contributed by atoms with Gasteiger partial charge >= 0.3 is 18.1 Å². The van der Waals surface area contributed by atoms with Crippen LogP contribution in [0.15, 0.2) is 0 Å². The maximum absolute atomic E-state index is 12.4. The molecule has 0 aromatic rings. The van der Waals surface area contributed by atoms with Crippen LogP contribution in [0.3, 0.4) is 0 Å². The van der Waals surface area contributed by atoms with E-state index in [1.165, 1.54) is 64.2 Å². The van der Waals surface area contributed by atoms with Crippen LogP contribution in [0.1, 0.15) is 117 Å². The summed E-state index contributed by atoms with van der Waals surface area (Å²) in [6.45, 7) is 5.95. The Morgan fingerprint density at radius 2 is 1.19 bits per heavy atom. The lowest BCUT2D eigenvalue weighted by Gasteiger charge is -2.20. The highest BCUT2D eigenvalue weighted by atomic mass is 19.4. The van der Waals surface area contributed by atoms with Crippen molar-refractivity contribution in [2.75, 3.05) is 6.61 Å². The van der Waals surface area contributed by atoms with E-state index in [-0.39, 0.29) is 18.9 Å². The molecule has 0 aliphatic heterocycles. The second kappa shape index (κ2) is 18.3. The zero-order chi connectivity index (χ0) is 23.5. The maximum Gasteiger partial charge on any atom is 0.471 e. The van der Waals surface area contributed by atoms with Gasteiger partial charge in [-0.1, -0.05) is 104 Å². The Hall–Kier alpha value is -1.27. The number of esters is 1. The first-order valence-corrected chi connectivity index (χ1v) is 12.2. The Labute approximate surface area is 187 Å². The topological polar surface area (TPSA) is 55.4 Å². The Morgan fingerprint density at radius 3 is 1.58 bits per heavy atom. The smallest absolute Gasteiger partial charge is 0.464 e. The van der Waals surface area contributed by atoms with Crippen molar-refractivity contribution in [3.8, 4) is 0 Å². The summed E-state index contributed by atoms with van der Waals surface area (Å²) < 4.78 is 42.4. The van der Waals surface area contributed by atoms with Crippen molar-refractivity contribution in [3.05, 3.63) is 0 Å². The third kappa shape index (κ3) is 18.0. The summed E-state index contributed by atoms with van der Waals surface area (Å²) >= 11 is 0. The third-order valence-electron chi connectivity index (χ3n) is 5.30. The highest BCUT2D eigenvalue weighted by Gasteiger charge is 2.41. The molecule has 1 amide bonds. The molecule has 0 radical (unpaired) electrons. The average molecular weight is 452 g/mol. The number of ether oxygens (including phenoxy) is 1. The average Bonchev–Trinajstić information content (AvgIpc) is 2.69. The van der Waals surface area contributed by atoms with Gasteiger partial charge in [0.2, 0.25) is 0 Å². The van der Waals surface area contributed by atoms with Gasteiger partial charge in [0, 0.05) is 0 Å². The van der Waals surface area contributed by atoms with Crippen molar-refractivity contribution >= 4 is 11.9 Å². The molecule has 0 saturated heterocycles. The van der Waals surface area contributed by atoms with E-state index < -0.39 is 24.1 Å². The first kappa shape index (κ1) is 29.7. The number of hydrogen-bond donors (Lipinski definition) is 1. The molecule has 0 aromatic carbocycles. The maximum atomic E-state index is 12.4. The van der Waals surface area contributed by atoms with Crippen molar-refractivity contribution < 1.29 is 27.5 Å². The number of alkyl halides is 3. The van der Waals surface area contributed by atoms with Crippen LogP contribution in [0, 0.1) is 5.92 Å². The number of nitrogens with one attached hydrogen (secondary N) is 1. The van der Waals surface area contributed by atoms with Gasteiger partial charge in [-0.3, -0.25) is 4.79 Å². The molecule has 1 atom stereocenters. The minimum atomic E-state index is -5.01. The molecule has 0 fully saturated rings. The molecular weight excluding hydrogens is 407 g/mol. The van der Waals surface area contributed by atoms with Crippen LogP contribution in [-0.4, -0.2) is 30.7 Å². The van der Waals surface area contributed by atoms with Crippen LogP contribution in [0.5, 0.6) is 0 Å². The van der Waals surface area contributed by atoms with Gasteiger partial charge < -0.3 is 10.1 Å². The summed E-state index contributed by atoms with van der Waals surface area (Å²) in [6.07, 6.45) is 12.1. The molecule has 1 unspecified atom stereocenters. The zero-order valence-corrected chi connectivity index (χ0v) is 19.8. The van der Waals surface area contributed by atoms with E-state index in [1.807, 2.05) is 0 Å². The molecule has 0 saturated carbocycles. The molecule has 31 heavy (non-hydrogen) atoms. The molecule has 0 aromatic heterocycles. The fourth-order valence-corrected chi connectivity index (χ4v) is 3.50. The number of halogens is 3. The molecule has 0 aliphatic rings. The van der Waals surface area contributed by atoms with E-state index in [0.29, 0.717) is 6.42 Å². The first-order chi connectivity index (χ1) is 14.7. The minimum absolute atomic E-state index is 0.0489. The van der Waals surface area contributed by atoms with Crippen molar-refractivity contribution in [2.45, 2.75) is 129 Å². The Morgan fingerprint density at radius 1 is 0.774 bits per heavy atom. The number of rotatable bonds is 19. The third-order valence-corrected chi connectivity index (χ3v) is 5.30. The SMILES string of the molecule is CCCCCCCCCCCCCCCCOC(=O)C(CC(C)C)NC(=O)C(F)(F)F. The normalized spacial score (nSPS) is 12.7. The van der Waals surface area contributed by atoms with E-state index >= 15 is 0 Å². The standard InChI is InChI=1S/C24H44F3NO3/c1-4-5-6-7-8-9-10-11-12-13-14-15-16-17-18-31-22(29)21(19-20(2)3)28-23(30)24(25,26)27/h20-21H,4-19H2,1-3H3,(H,28,30). The molecule has 1 N–H and O–H groups in total. The molecule has 0 aliphatic carbocycles. The van der Waals surface area contributed by atoms with Crippen molar-refractivity contribution in [1.82, 2.24) is 5.32 Å². The summed E-state index contributed by atoms with van der Waals surface area (Å²) in [5.74, 6) is -2.94. The zero-order valence-electron chi connectivity index (χ0n) is 19.8. The fraction of sp³-hybridized carbons (Fsp3) is 0.917. The van der Waals surface area contributed by atoms with E-state index in [1.54, 1.807) is 19.2 Å². The van der Waals surface area contributed by atoms with Gasteiger partial charge in [0.25, 0.3) is 0 Å². The monoisotopic (exact) mass is 451 g/mol. The van der Waals surface area contributed by atoms with Crippen LogP contribution in [0.2, 0.25) is 0 Å². The van der Waals surface area contributed by atoms with Gasteiger partial charge in [-0.05, 0) is 18.8 Å². The van der Waals surface area contributed by atoms with Crippen LogP contribution in [0.25, 0.3) is 0 Å². The Balaban J connectivity index is 3.74. The van der Waals surface area contributed by atoms with Crippen molar-refractivity contribution in [2.24, 2.45) is 5.92 Å². The molecule has 0 spiro atoms. The van der Waals surface area contributed by atoms with Crippen molar-refractivity contribution in [1.29, 1.82) is 0 Å². The Bertz CT molecular complexity index is 467. The molecule has 0 heterocycles. The number of unbranched alkanes of at least 4 members (excludes halogenated alkanes) is 13. The van der Waals surface area contributed by atoms with Gasteiger partial charge in [0.15, 0.2) is 0 Å². The van der Waals surface area contributed by atoms with Gasteiger partial charge in [0.1, 0.15) is 6.04 Å².